The van der Waals surface area contributed by atoms with E-state index in [9.17, 15) is 9.59 Å². The van der Waals surface area contributed by atoms with Crippen molar-refractivity contribution in [2.75, 3.05) is 32.7 Å². The van der Waals surface area contributed by atoms with Crippen molar-refractivity contribution in [3.63, 3.8) is 0 Å². The van der Waals surface area contributed by atoms with E-state index in [0.717, 1.165) is 75.2 Å². The molecule has 0 spiro atoms. The zero-order chi connectivity index (χ0) is 19.0. The number of aromatic nitrogens is 1. The number of carbonyl (C=O) groups excluding carboxylic acids is 1. The summed E-state index contributed by atoms with van der Waals surface area (Å²) in [6, 6.07) is 5.52. The average Bonchev–Trinajstić information content (AvgIpc) is 2.69. The Kier molecular flexibility index (Phi) is 5.04. The van der Waals surface area contributed by atoms with Gasteiger partial charge in [0.05, 0.1) is 5.52 Å². The number of fused-ring (bicyclic) bond motifs is 2. The number of amides is 1. The second-order valence-corrected chi connectivity index (χ2v) is 8.03. The fraction of sp³-hybridized carbons (Fsp3) is 0.545. The minimum absolute atomic E-state index is 0.0691. The Labute approximate surface area is 160 Å². The van der Waals surface area contributed by atoms with Crippen LogP contribution in [0.5, 0.6) is 0 Å². The number of hydrogen-bond donors (Lipinski definition) is 1. The number of hydrogen-bond acceptors (Lipinski definition) is 3. The third-order valence-electron chi connectivity index (χ3n) is 6.14. The Morgan fingerprint density at radius 2 is 2.00 bits per heavy atom. The van der Waals surface area contributed by atoms with Crippen LogP contribution in [0.1, 0.15) is 60.6 Å². The molecule has 2 heterocycles. The summed E-state index contributed by atoms with van der Waals surface area (Å²) in [5.74, 6) is 0.441. The van der Waals surface area contributed by atoms with Gasteiger partial charge in [0, 0.05) is 48.4 Å². The monoisotopic (exact) mass is 367 g/mol. The largest absolute Gasteiger partial charge is 0.358 e. The van der Waals surface area contributed by atoms with Crippen LogP contribution in [0.15, 0.2) is 23.0 Å². The molecule has 1 aliphatic carbocycles. The number of nitrogens with zero attached hydrogens (tertiary/aromatic N) is 2. The fourth-order valence-electron chi connectivity index (χ4n) is 4.56. The highest BCUT2D eigenvalue weighted by atomic mass is 16.2. The molecule has 4 rings (SSSR count). The molecule has 1 fully saturated rings. The van der Waals surface area contributed by atoms with Gasteiger partial charge in [-0.25, -0.2) is 0 Å². The van der Waals surface area contributed by atoms with E-state index in [2.05, 4.69) is 23.7 Å². The van der Waals surface area contributed by atoms with E-state index in [1.165, 1.54) is 0 Å². The summed E-state index contributed by atoms with van der Waals surface area (Å²) in [5, 5.41) is 0.701. The lowest BCUT2D eigenvalue weighted by molar-refractivity contribution is 0.0637. The van der Waals surface area contributed by atoms with Crippen molar-refractivity contribution < 1.29 is 4.79 Å². The molecule has 27 heavy (non-hydrogen) atoms. The van der Waals surface area contributed by atoms with Crippen LogP contribution in [0.3, 0.4) is 0 Å². The molecule has 1 amide bonds. The zero-order valence-corrected chi connectivity index (χ0v) is 16.4. The summed E-state index contributed by atoms with van der Waals surface area (Å²) in [6.45, 7) is 8.88. The Hall–Kier alpha value is -2.14. The summed E-state index contributed by atoms with van der Waals surface area (Å²) in [6.07, 6.45) is 4.18. The van der Waals surface area contributed by atoms with E-state index in [1.54, 1.807) is 0 Å². The first kappa shape index (κ1) is 18.2. The molecule has 144 valence electrons. The van der Waals surface area contributed by atoms with Crippen LogP contribution in [0.4, 0.5) is 0 Å². The Morgan fingerprint density at radius 1 is 1.22 bits per heavy atom. The quantitative estimate of drug-likeness (QED) is 0.907. The third-order valence-corrected chi connectivity index (χ3v) is 6.14. The summed E-state index contributed by atoms with van der Waals surface area (Å²) < 4.78 is 0. The van der Waals surface area contributed by atoms with Crippen molar-refractivity contribution in [2.24, 2.45) is 0 Å². The Bertz CT molecular complexity index is 910. The number of nitrogens with one attached hydrogen (secondary N) is 1. The molecule has 1 aliphatic heterocycles. The molecule has 1 aromatic carbocycles. The van der Waals surface area contributed by atoms with Crippen LogP contribution < -0.4 is 5.43 Å². The third kappa shape index (κ3) is 3.41. The number of benzene rings is 1. The summed E-state index contributed by atoms with van der Waals surface area (Å²) in [5.41, 5.74) is 3.61. The smallest absolute Gasteiger partial charge is 0.254 e. The maximum Gasteiger partial charge on any atom is 0.254 e. The van der Waals surface area contributed by atoms with Gasteiger partial charge in [0.15, 0.2) is 5.43 Å². The number of rotatable bonds is 3. The Morgan fingerprint density at radius 3 is 2.74 bits per heavy atom. The second-order valence-electron chi connectivity index (χ2n) is 8.03. The van der Waals surface area contributed by atoms with Crippen LogP contribution in [-0.4, -0.2) is 53.4 Å². The number of H-pyrrole nitrogens is 1. The summed E-state index contributed by atoms with van der Waals surface area (Å²) in [7, 11) is 0. The van der Waals surface area contributed by atoms with Crippen molar-refractivity contribution in [3.05, 3.63) is 45.2 Å². The molecule has 0 bridgehead atoms. The molecule has 2 aliphatic rings. The van der Waals surface area contributed by atoms with E-state index in [0.29, 0.717) is 16.9 Å². The molecule has 5 heteroatoms. The van der Waals surface area contributed by atoms with Crippen molar-refractivity contribution in [2.45, 2.75) is 45.4 Å². The molecule has 2 aromatic rings. The van der Waals surface area contributed by atoms with Gasteiger partial charge in [0.2, 0.25) is 0 Å². The van der Waals surface area contributed by atoms with Gasteiger partial charge in [-0.3, -0.25) is 14.5 Å². The molecular weight excluding hydrogens is 338 g/mol. The topological polar surface area (TPSA) is 56.4 Å². The highest BCUT2D eigenvalue weighted by molar-refractivity contribution is 5.98. The first-order chi connectivity index (χ1) is 13.1. The number of carbonyl (C=O) groups is 1. The van der Waals surface area contributed by atoms with E-state index >= 15 is 0 Å². The summed E-state index contributed by atoms with van der Waals surface area (Å²) in [4.78, 5) is 33.7. The molecule has 1 atom stereocenters. The molecule has 0 saturated carbocycles. The lowest BCUT2D eigenvalue weighted by atomic mass is 9.87. The molecule has 1 aromatic heterocycles. The Balaban J connectivity index is 1.62. The number of aromatic amines is 1. The lowest BCUT2D eigenvalue weighted by Crippen LogP contribution is -2.48. The van der Waals surface area contributed by atoms with Gasteiger partial charge in [-0.1, -0.05) is 13.8 Å². The van der Waals surface area contributed by atoms with Crippen molar-refractivity contribution >= 4 is 16.8 Å². The maximum atomic E-state index is 13.0. The lowest BCUT2D eigenvalue weighted by Gasteiger charge is -2.34. The molecule has 5 nitrogen and oxygen atoms in total. The average molecular weight is 367 g/mol. The van der Waals surface area contributed by atoms with Gasteiger partial charge in [-0.05, 0) is 56.3 Å². The van der Waals surface area contributed by atoms with E-state index in [1.807, 2.05) is 23.1 Å². The minimum atomic E-state index is 0.0691. The molecule has 1 N–H and O–H groups in total. The van der Waals surface area contributed by atoms with E-state index in [-0.39, 0.29) is 11.3 Å². The van der Waals surface area contributed by atoms with Gasteiger partial charge in [-0.2, -0.15) is 0 Å². The molecular formula is C22H29N3O2. The van der Waals surface area contributed by atoms with Gasteiger partial charge in [-0.15, -0.1) is 0 Å². The van der Waals surface area contributed by atoms with Gasteiger partial charge in [0.1, 0.15) is 0 Å². The van der Waals surface area contributed by atoms with Gasteiger partial charge < -0.3 is 9.88 Å². The van der Waals surface area contributed by atoms with Crippen LogP contribution in [0, 0.1) is 0 Å². The van der Waals surface area contributed by atoms with Crippen molar-refractivity contribution in [3.8, 4) is 0 Å². The predicted octanol–water partition coefficient (Wildman–Crippen LogP) is 3.14. The maximum absolute atomic E-state index is 13.0. The molecule has 1 unspecified atom stereocenters. The number of piperazine rings is 1. The van der Waals surface area contributed by atoms with E-state index < -0.39 is 0 Å². The van der Waals surface area contributed by atoms with Crippen molar-refractivity contribution in [1.29, 1.82) is 0 Å². The first-order valence-electron chi connectivity index (χ1n) is 10.3. The summed E-state index contributed by atoms with van der Waals surface area (Å²) >= 11 is 0. The second kappa shape index (κ2) is 7.47. The van der Waals surface area contributed by atoms with Crippen LogP contribution in [-0.2, 0) is 6.42 Å². The van der Waals surface area contributed by atoms with Gasteiger partial charge >= 0.3 is 0 Å². The molecule has 1 saturated heterocycles. The van der Waals surface area contributed by atoms with Crippen molar-refractivity contribution in [1.82, 2.24) is 14.8 Å². The van der Waals surface area contributed by atoms with Crippen LogP contribution in [0.25, 0.3) is 10.9 Å². The normalized spacial score (nSPS) is 20.7. The zero-order valence-electron chi connectivity index (χ0n) is 16.4. The highest BCUT2D eigenvalue weighted by Gasteiger charge is 2.24. The number of pyridine rings is 1. The van der Waals surface area contributed by atoms with Crippen LogP contribution >= 0.6 is 0 Å². The van der Waals surface area contributed by atoms with Gasteiger partial charge in [0.25, 0.3) is 5.91 Å². The molecule has 0 radical (unpaired) electrons. The SMILES string of the molecule is CCCN1CCN(C(=O)c2ccc3c(=O)c4c([nH]c3c2)C(C)CCC4)CC1. The first-order valence-corrected chi connectivity index (χ1v) is 10.3. The van der Waals surface area contributed by atoms with E-state index in [4.69, 9.17) is 0 Å². The minimum Gasteiger partial charge on any atom is -0.358 e. The van der Waals surface area contributed by atoms with Crippen LogP contribution in [0.2, 0.25) is 0 Å². The highest BCUT2D eigenvalue weighted by Crippen LogP contribution is 2.29. The predicted molar refractivity (Wildman–Crippen MR) is 109 cm³/mol. The standard InChI is InChI=1S/C22H29N3O2/c1-3-9-24-10-12-25(13-11-24)22(27)16-7-8-17-19(14-16)23-20-15(2)5-4-6-18(20)21(17)26/h7-8,14-15H,3-6,9-13H2,1-2H3,(H,23,26). The fourth-order valence-corrected chi connectivity index (χ4v) is 4.56.